The number of hydrogen-bond donors (Lipinski definition) is 1. The third kappa shape index (κ3) is 5.39. The summed E-state index contributed by atoms with van der Waals surface area (Å²) < 4.78 is 5.20. The van der Waals surface area contributed by atoms with Gasteiger partial charge in [0.15, 0.2) is 0 Å². The van der Waals surface area contributed by atoms with Crippen molar-refractivity contribution in [1.82, 2.24) is 10.2 Å². The molecule has 0 aliphatic heterocycles. The van der Waals surface area contributed by atoms with Gasteiger partial charge in [0.1, 0.15) is 10.8 Å². The molecule has 1 N–H and O–H groups in total. The van der Waals surface area contributed by atoms with Gasteiger partial charge in [0.25, 0.3) is 5.69 Å². The molecule has 0 amide bonds. The molecular formula is C22H18N4O3S2. The number of anilines is 2. The summed E-state index contributed by atoms with van der Waals surface area (Å²) in [5.41, 5.74) is 2.82. The maximum absolute atomic E-state index is 11.0. The lowest BCUT2D eigenvalue weighted by Crippen LogP contribution is -1.90. The Labute approximate surface area is 187 Å². The number of non-ortho nitro benzene ring substituents is 1. The number of aromatic nitrogens is 2. The average Bonchev–Trinajstić information content (AvgIpc) is 3.27. The predicted molar refractivity (Wildman–Crippen MR) is 124 cm³/mol. The minimum atomic E-state index is -0.418. The Morgan fingerprint density at radius 3 is 2.65 bits per heavy atom. The van der Waals surface area contributed by atoms with E-state index in [1.165, 1.54) is 29.0 Å². The van der Waals surface area contributed by atoms with Gasteiger partial charge in [-0.25, -0.2) is 0 Å². The smallest absolute Gasteiger partial charge is 0.270 e. The summed E-state index contributed by atoms with van der Waals surface area (Å²) >= 11 is 3.09. The van der Waals surface area contributed by atoms with Crippen LogP contribution in [0.5, 0.6) is 5.75 Å². The van der Waals surface area contributed by atoms with Crippen molar-refractivity contribution in [3.63, 3.8) is 0 Å². The Morgan fingerprint density at radius 2 is 1.87 bits per heavy atom. The Kier molecular flexibility index (Phi) is 6.44. The highest BCUT2D eigenvalue weighted by atomic mass is 32.2. The van der Waals surface area contributed by atoms with Gasteiger partial charge in [0.2, 0.25) is 5.13 Å². The number of hydrogen-bond acceptors (Lipinski definition) is 8. The number of nitrogens with one attached hydrogen (secondary N) is 1. The van der Waals surface area contributed by atoms with Gasteiger partial charge in [-0.1, -0.05) is 41.7 Å². The normalized spacial score (nSPS) is 10.6. The highest BCUT2D eigenvalue weighted by Crippen LogP contribution is 2.32. The van der Waals surface area contributed by atoms with Crippen LogP contribution in [0.3, 0.4) is 0 Å². The molecule has 0 aliphatic carbocycles. The number of nitro groups is 1. The third-order valence-corrected chi connectivity index (χ3v) is 6.33. The third-order valence-electron chi connectivity index (χ3n) is 4.38. The highest BCUT2D eigenvalue weighted by Gasteiger charge is 2.11. The quantitative estimate of drug-likeness (QED) is 0.195. The fourth-order valence-corrected chi connectivity index (χ4v) is 4.49. The molecule has 1 aromatic heterocycles. The molecule has 0 unspecified atom stereocenters. The van der Waals surface area contributed by atoms with E-state index in [-0.39, 0.29) is 5.69 Å². The zero-order chi connectivity index (χ0) is 21.6. The van der Waals surface area contributed by atoms with Gasteiger partial charge in [-0.3, -0.25) is 10.1 Å². The monoisotopic (exact) mass is 450 g/mol. The fraction of sp³-hybridized carbons (Fsp3) is 0.0909. The molecule has 0 fully saturated rings. The minimum Gasteiger partial charge on any atom is -0.497 e. The SMILES string of the molecule is COc1ccc(CSc2cccc(Nc3nnc(-c4cccc([N+](=O)[O-])c4)s3)c2)cc1. The van der Waals surface area contributed by atoms with E-state index in [9.17, 15) is 10.1 Å². The van der Waals surface area contributed by atoms with Gasteiger partial charge in [0, 0.05) is 34.0 Å². The highest BCUT2D eigenvalue weighted by molar-refractivity contribution is 7.98. The van der Waals surface area contributed by atoms with Crippen LogP contribution in [-0.2, 0) is 5.75 Å². The van der Waals surface area contributed by atoms with E-state index in [1.54, 1.807) is 31.0 Å². The lowest BCUT2D eigenvalue weighted by atomic mass is 10.2. The number of nitrogens with zero attached hydrogens (tertiary/aromatic N) is 3. The van der Waals surface area contributed by atoms with Crippen molar-refractivity contribution in [3.8, 4) is 16.3 Å². The summed E-state index contributed by atoms with van der Waals surface area (Å²) in [5.74, 6) is 1.70. The molecule has 4 aromatic rings. The second-order valence-corrected chi connectivity index (χ2v) is 8.54. The van der Waals surface area contributed by atoms with Crippen molar-refractivity contribution in [2.45, 2.75) is 10.6 Å². The number of nitro benzene ring substituents is 1. The van der Waals surface area contributed by atoms with Crippen molar-refractivity contribution < 1.29 is 9.66 Å². The molecule has 0 spiro atoms. The number of rotatable bonds is 8. The molecule has 156 valence electrons. The zero-order valence-electron chi connectivity index (χ0n) is 16.5. The number of benzene rings is 3. The molecule has 0 saturated heterocycles. The molecule has 0 aliphatic rings. The Bertz CT molecular complexity index is 1200. The second kappa shape index (κ2) is 9.59. The van der Waals surface area contributed by atoms with E-state index in [0.29, 0.717) is 15.7 Å². The Morgan fingerprint density at radius 1 is 1.06 bits per heavy atom. The van der Waals surface area contributed by atoms with Crippen LogP contribution in [0, 0.1) is 10.1 Å². The van der Waals surface area contributed by atoms with Gasteiger partial charge in [0.05, 0.1) is 12.0 Å². The fourth-order valence-electron chi connectivity index (χ4n) is 2.82. The molecule has 7 nitrogen and oxygen atoms in total. The summed E-state index contributed by atoms with van der Waals surface area (Å²) in [6.45, 7) is 0. The molecule has 0 bridgehead atoms. The summed E-state index contributed by atoms with van der Waals surface area (Å²) in [4.78, 5) is 11.7. The predicted octanol–water partition coefficient (Wildman–Crippen LogP) is 6.16. The molecule has 1 heterocycles. The summed E-state index contributed by atoms with van der Waals surface area (Å²) in [5, 5.41) is 23.8. The maximum Gasteiger partial charge on any atom is 0.270 e. The van der Waals surface area contributed by atoms with Crippen LogP contribution in [0.4, 0.5) is 16.5 Å². The molecule has 0 saturated carbocycles. The number of thioether (sulfide) groups is 1. The van der Waals surface area contributed by atoms with Crippen LogP contribution in [0.15, 0.2) is 77.7 Å². The van der Waals surface area contributed by atoms with Crippen LogP contribution < -0.4 is 10.1 Å². The van der Waals surface area contributed by atoms with Crippen molar-refractivity contribution in [3.05, 3.63) is 88.5 Å². The first kappa shape index (κ1) is 20.8. The summed E-state index contributed by atoms with van der Waals surface area (Å²) in [6, 6.07) is 22.5. The van der Waals surface area contributed by atoms with Crippen molar-refractivity contribution in [2.75, 3.05) is 12.4 Å². The average molecular weight is 451 g/mol. The van der Waals surface area contributed by atoms with Crippen LogP contribution in [0.25, 0.3) is 10.6 Å². The molecule has 0 radical (unpaired) electrons. The standard InChI is InChI=1S/C22H18N4O3S2/c1-29-19-10-8-15(9-11-19)14-30-20-7-3-5-17(13-20)23-22-25-24-21(31-22)16-4-2-6-18(12-16)26(27)28/h2-13H,14H2,1H3,(H,23,25). The van der Waals surface area contributed by atoms with Gasteiger partial charge >= 0.3 is 0 Å². The first-order valence-electron chi connectivity index (χ1n) is 9.32. The first-order valence-corrected chi connectivity index (χ1v) is 11.1. The van der Waals surface area contributed by atoms with Crippen LogP contribution in [0.1, 0.15) is 5.56 Å². The van der Waals surface area contributed by atoms with Crippen molar-refractivity contribution >= 4 is 39.6 Å². The topological polar surface area (TPSA) is 90.2 Å². The van der Waals surface area contributed by atoms with Gasteiger partial charge in [-0.2, -0.15) is 0 Å². The van der Waals surface area contributed by atoms with E-state index >= 15 is 0 Å². The van der Waals surface area contributed by atoms with E-state index in [0.717, 1.165) is 22.1 Å². The van der Waals surface area contributed by atoms with E-state index in [4.69, 9.17) is 4.74 Å². The lowest BCUT2D eigenvalue weighted by Gasteiger charge is -2.06. The summed E-state index contributed by atoms with van der Waals surface area (Å²) in [6.07, 6.45) is 0. The van der Waals surface area contributed by atoms with Crippen LogP contribution in [0.2, 0.25) is 0 Å². The van der Waals surface area contributed by atoms with Crippen LogP contribution >= 0.6 is 23.1 Å². The van der Waals surface area contributed by atoms with E-state index in [2.05, 4.69) is 39.8 Å². The van der Waals surface area contributed by atoms with E-state index < -0.39 is 4.92 Å². The van der Waals surface area contributed by atoms with Crippen molar-refractivity contribution in [1.29, 1.82) is 0 Å². The van der Waals surface area contributed by atoms with Gasteiger partial charge in [-0.05, 0) is 35.9 Å². The van der Waals surface area contributed by atoms with Gasteiger partial charge < -0.3 is 10.1 Å². The molecule has 4 rings (SSSR count). The second-order valence-electron chi connectivity index (χ2n) is 6.51. The molecule has 31 heavy (non-hydrogen) atoms. The largest absolute Gasteiger partial charge is 0.497 e. The zero-order valence-corrected chi connectivity index (χ0v) is 18.2. The Hall–Kier alpha value is -3.43. The molecule has 9 heteroatoms. The lowest BCUT2D eigenvalue weighted by molar-refractivity contribution is -0.384. The molecule has 0 atom stereocenters. The number of methoxy groups -OCH3 is 1. The van der Waals surface area contributed by atoms with Crippen LogP contribution in [-0.4, -0.2) is 22.2 Å². The summed E-state index contributed by atoms with van der Waals surface area (Å²) in [7, 11) is 1.66. The first-order chi connectivity index (χ1) is 15.1. The number of ether oxygens (including phenoxy) is 1. The maximum atomic E-state index is 11.0. The Balaban J connectivity index is 1.42. The molecule has 3 aromatic carbocycles. The molecular weight excluding hydrogens is 432 g/mol. The minimum absolute atomic E-state index is 0.0313. The van der Waals surface area contributed by atoms with Crippen molar-refractivity contribution in [2.24, 2.45) is 0 Å². The van der Waals surface area contributed by atoms with Gasteiger partial charge in [-0.15, -0.1) is 22.0 Å². The van der Waals surface area contributed by atoms with E-state index in [1.807, 2.05) is 24.3 Å².